The molecule has 0 spiro atoms. The zero-order chi connectivity index (χ0) is 22.4. The van der Waals surface area contributed by atoms with Crippen molar-refractivity contribution in [2.75, 3.05) is 4.90 Å². The number of nitrogens with zero attached hydrogens (tertiary/aromatic N) is 2. The maximum atomic E-state index is 13.9. The molecule has 6 nitrogen and oxygen atoms in total. The highest BCUT2D eigenvalue weighted by Crippen LogP contribution is 2.70. The average molecular weight is 554 g/mol. The van der Waals surface area contributed by atoms with Crippen LogP contribution in [0.25, 0.3) is 0 Å². The number of nitro benzene ring substituents is 1. The number of imide groups is 1. The Morgan fingerprint density at radius 3 is 1.59 bits per heavy atom. The first kappa shape index (κ1) is 19.8. The number of hydrogen-bond donors (Lipinski definition) is 0. The van der Waals surface area contributed by atoms with Crippen LogP contribution in [0.1, 0.15) is 22.3 Å². The molecular formula is C24H14Br2N2O4. The number of alkyl halides is 2. The normalized spacial score (nSPS) is 29.5. The molecule has 7 rings (SSSR count). The predicted octanol–water partition coefficient (Wildman–Crippen LogP) is 5.00. The molecule has 4 aliphatic rings. The first-order chi connectivity index (χ1) is 15.3. The van der Waals surface area contributed by atoms with E-state index in [2.05, 4.69) is 31.9 Å². The Morgan fingerprint density at radius 1 is 0.750 bits per heavy atom. The van der Waals surface area contributed by atoms with Crippen molar-refractivity contribution in [1.82, 2.24) is 0 Å². The molecule has 1 fully saturated rings. The van der Waals surface area contributed by atoms with E-state index in [0.29, 0.717) is 0 Å². The molecule has 1 saturated heterocycles. The molecule has 1 aliphatic heterocycles. The van der Waals surface area contributed by atoms with Gasteiger partial charge in [0.05, 0.1) is 31.1 Å². The van der Waals surface area contributed by atoms with Crippen molar-refractivity contribution >= 4 is 55.0 Å². The number of hydrogen-bond acceptors (Lipinski definition) is 4. The molecule has 1 heterocycles. The van der Waals surface area contributed by atoms with Gasteiger partial charge < -0.3 is 0 Å². The Bertz CT molecular complexity index is 1250. The fourth-order valence-corrected chi connectivity index (χ4v) is 7.97. The minimum absolute atomic E-state index is 0.172. The second-order valence-corrected chi connectivity index (χ2v) is 10.8. The minimum Gasteiger partial charge on any atom is -0.274 e. The molecule has 8 heteroatoms. The van der Waals surface area contributed by atoms with Gasteiger partial charge in [-0.3, -0.25) is 19.7 Å². The quantitative estimate of drug-likeness (QED) is 0.193. The van der Waals surface area contributed by atoms with Crippen LogP contribution >= 0.6 is 31.9 Å². The van der Waals surface area contributed by atoms with E-state index >= 15 is 0 Å². The molecule has 0 saturated carbocycles. The van der Waals surface area contributed by atoms with Gasteiger partial charge in [0, 0.05) is 12.1 Å². The monoisotopic (exact) mass is 552 g/mol. The first-order valence-corrected chi connectivity index (χ1v) is 11.6. The summed E-state index contributed by atoms with van der Waals surface area (Å²) in [5.74, 6) is -2.16. The molecular weight excluding hydrogens is 540 g/mol. The van der Waals surface area contributed by atoms with E-state index in [1.54, 1.807) is 6.07 Å². The molecule has 0 aromatic heterocycles. The van der Waals surface area contributed by atoms with E-state index < -0.39 is 25.4 Å². The number of amides is 2. The lowest BCUT2D eigenvalue weighted by atomic mass is 9.54. The van der Waals surface area contributed by atoms with Gasteiger partial charge in [-0.05, 0) is 28.3 Å². The van der Waals surface area contributed by atoms with Gasteiger partial charge in [0.25, 0.3) is 5.69 Å². The summed E-state index contributed by atoms with van der Waals surface area (Å²) in [5.41, 5.74) is 3.81. The number of halogens is 2. The molecule has 2 atom stereocenters. The van der Waals surface area contributed by atoms with Crippen molar-refractivity contribution in [3.05, 3.63) is 105 Å². The fraction of sp³-hybridized carbons (Fsp3) is 0.167. The van der Waals surface area contributed by atoms with Gasteiger partial charge in [-0.25, -0.2) is 4.90 Å². The molecule has 2 bridgehead atoms. The third-order valence-corrected chi connectivity index (χ3v) is 9.58. The molecule has 2 amide bonds. The van der Waals surface area contributed by atoms with E-state index in [1.165, 1.54) is 18.2 Å². The Kier molecular flexibility index (Phi) is 3.94. The van der Waals surface area contributed by atoms with Gasteiger partial charge in [-0.2, -0.15) is 0 Å². The van der Waals surface area contributed by atoms with Crippen molar-refractivity contribution in [3.8, 4) is 0 Å². The van der Waals surface area contributed by atoms with E-state index in [9.17, 15) is 19.7 Å². The number of anilines is 1. The summed E-state index contributed by atoms with van der Waals surface area (Å²) in [4.78, 5) is 39.6. The van der Waals surface area contributed by atoms with E-state index in [-0.39, 0.29) is 23.2 Å². The highest BCUT2D eigenvalue weighted by Gasteiger charge is 2.72. The largest absolute Gasteiger partial charge is 0.274 e. The maximum absolute atomic E-state index is 13.9. The lowest BCUT2D eigenvalue weighted by Crippen LogP contribution is -2.56. The summed E-state index contributed by atoms with van der Waals surface area (Å²) < 4.78 is -1.77. The van der Waals surface area contributed by atoms with Crippen LogP contribution in [0.15, 0.2) is 72.8 Å². The first-order valence-electron chi connectivity index (χ1n) is 10.0. The van der Waals surface area contributed by atoms with Gasteiger partial charge >= 0.3 is 0 Å². The SMILES string of the molecule is O=C1[C@H]2[C@H](C(=O)N1c1cccc([N+](=O)[O-])c1)C1(Br)c3ccccc3C2(Br)c2ccccc21. The summed E-state index contributed by atoms with van der Waals surface area (Å²) in [7, 11) is 0. The zero-order valence-electron chi connectivity index (χ0n) is 16.4. The van der Waals surface area contributed by atoms with Gasteiger partial charge in [0.15, 0.2) is 0 Å². The van der Waals surface area contributed by atoms with Crippen LogP contribution in [0.4, 0.5) is 11.4 Å². The van der Waals surface area contributed by atoms with Crippen molar-refractivity contribution in [1.29, 1.82) is 0 Å². The molecule has 3 aliphatic carbocycles. The van der Waals surface area contributed by atoms with E-state index in [0.717, 1.165) is 27.2 Å². The van der Waals surface area contributed by atoms with Crippen LogP contribution in [0.2, 0.25) is 0 Å². The highest BCUT2D eigenvalue weighted by atomic mass is 79.9. The molecule has 0 radical (unpaired) electrons. The smallest absolute Gasteiger partial charge is 0.271 e. The maximum Gasteiger partial charge on any atom is 0.271 e. The van der Waals surface area contributed by atoms with Crippen LogP contribution in [0.3, 0.4) is 0 Å². The summed E-state index contributed by atoms with van der Waals surface area (Å²) in [5, 5.41) is 11.3. The zero-order valence-corrected chi connectivity index (χ0v) is 19.5. The summed E-state index contributed by atoms with van der Waals surface area (Å²) in [6.07, 6.45) is 0. The van der Waals surface area contributed by atoms with E-state index in [4.69, 9.17) is 0 Å². The number of carbonyl (C=O) groups is 2. The number of carbonyl (C=O) groups excluding carboxylic acids is 2. The third-order valence-electron chi connectivity index (χ3n) is 6.88. The Balaban J connectivity index is 1.63. The molecule has 32 heavy (non-hydrogen) atoms. The van der Waals surface area contributed by atoms with Crippen molar-refractivity contribution in [2.24, 2.45) is 11.8 Å². The lowest BCUT2D eigenvalue weighted by Gasteiger charge is -2.55. The number of rotatable bonds is 2. The average Bonchev–Trinajstić information content (AvgIpc) is 3.08. The lowest BCUT2D eigenvalue weighted by molar-refractivity contribution is -0.384. The second kappa shape index (κ2) is 6.36. The Labute approximate surface area is 199 Å². The van der Waals surface area contributed by atoms with Crippen molar-refractivity contribution in [2.45, 2.75) is 8.65 Å². The van der Waals surface area contributed by atoms with Crippen LogP contribution < -0.4 is 4.90 Å². The van der Waals surface area contributed by atoms with Crippen molar-refractivity contribution < 1.29 is 14.5 Å². The number of nitro groups is 1. The highest BCUT2D eigenvalue weighted by molar-refractivity contribution is 9.10. The molecule has 158 valence electrons. The Hall–Kier alpha value is -2.84. The van der Waals surface area contributed by atoms with Crippen LogP contribution in [0.5, 0.6) is 0 Å². The second-order valence-electron chi connectivity index (χ2n) is 8.26. The van der Waals surface area contributed by atoms with Gasteiger partial charge in [0.1, 0.15) is 0 Å². The topological polar surface area (TPSA) is 80.5 Å². The standard InChI is InChI=1S/C24H14Br2N2O4/c25-23-15-8-1-2-9-16(15)24(26,18-11-4-3-10-17(18)23)20-19(23)21(29)27(22(20)30)13-6-5-7-14(12-13)28(31)32/h1-12,19-20H/t19-,20-,23?,24?/m1/s1. The fourth-order valence-electron chi connectivity index (χ4n) is 5.67. The summed E-state index contributed by atoms with van der Waals surface area (Å²) >= 11 is 7.88. The van der Waals surface area contributed by atoms with Crippen LogP contribution in [-0.4, -0.2) is 16.7 Å². The van der Waals surface area contributed by atoms with Crippen molar-refractivity contribution in [3.63, 3.8) is 0 Å². The van der Waals surface area contributed by atoms with Crippen LogP contribution in [-0.2, 0) is 18.2 Å². The minimum atomic E-state index is -0.886. The molecule has 0 N–H and O–H groups in total. The number of benzene rings is 3. The van der Waals surface area contributed by atoms with Gasteiger partial charge in [-0.15, -0.1) is 0 Å². The molecule has 3 aromatic rings. The third kappa shape index (κ3) is 2.14. The predicted molar refractivity (Wildman–Crippen MR) is 125 cm³/mol. The van der Waals surface area contributed by atoms with Gasteiger partial charge in [-0.1, -0.05) is 86.5 Å². The Morgan fingerprint density at radius 2 is 1.19 bits per heavy atom. The van der Waals surface area contributed by atoms with Crippen LogP contribution in [0, 0.1) is 22.0 Å². The van der Waals surface area contributed by atoms with Gasteiger partial charge in [0.2, 0.25) is 11.8 Å². The molecule has 3 aromatic carbocycles. The summed E-state index contributed by atoms with van der Waals surface area (Å²) in [6.45, 7) is 0. The van der Waals surface area contributed by atoms with E-state index in [1.807, 2.05) is 48.5 Å². The summed E-state index contributed by atoms with van der Waals surface area (Å²) in [6, 6.07) is 21.3. The molecule has 0 unspecified atom stereocenters. The number of non-ortho nitro benzene ring substituents is 1.